The van der Waals surface area contributed by atoms with E-state index in [0.29, 0.717) is 0 Å². The topological polar surface area (TPSA) is 18.5 Å². The molecule has 0 amide bonds. The molecule has 1 heterocycles. The summed E-state index contributed by atoms with van der Waals surface area (Å²) in [6, 6.07) is 0.726. The van der Waals surface area contributed by atoms with Crippen LogP contribution in [-0.4, -0.2) is 61.2 Å². The van der Waals surface area contributed by atoms with E-state index in [0.717, 1.165) is 12.6 Å². The van der Waals surface area contributed by atoms with E-state index >= 15 is 0 Å². The van der Waals surface area contributed by atoms with E-state index in [1.165, 1.54) is 39.0 Å². The summed E-state index contributed by atoms with van der Waals surface area (Å²) in [5.41, 5.74) is 0.265. The quantitative estimate of drug-likeness (QED) is 0.740. The lowest BCUT2D eigenvalue weighted by atomic mass is 10.1. The predicted molar refractivity (Wildman–Crippen MR) is 75.5 cm³/mol. The zero-order chi connectivity index (χ0) is 12.9. The largest absolute Gasteiger partial charge is 0.312 e. The van der Waals surface area contributed by atoms with Gasteiger partial charge in [0.1, 0.15) is 0 Å². The van der Waals surface area contributed by atoms with Crippen LogP contribution in [0.3, 0.4) is 0 Å². The molecule has 17 heavy (non-hydrogen) atoms. The van der Waals surface area contributed by atoms with Crippen LogP contribution in [0.4, 0.5) is 0 Å². The van der Waals surface area contributed by atoms with E-state index in [1.54, 1.807) is 0 Å². The Bertz CT molecular complexity index is 210. The number of nitrogens with one attached hydrogen (secondary N) is 1. The average molecular weight is 241 g/mol. The van der Waals surface area contributed by atoms with Crippen molar-refractivity contribution in [3.8, 4) is 0 Å². The highest BCUT2D eigenvalue weighted by atomic mass is 15.3. The predicted octanol–water partition coefficient (Wildman–Crippen LogP) is 1.79. The van der Waals surface area contributed by atoms with Crippen molar-refractivity contribution in [3.05, 3.63) is 0 Å². The fourth-order valence-electron chi connectivity index (χ4n) is 2.41. The zero-order valence-electron chi connectivity index (χ0n) is 12.4. The highest BCUT2D eigenvalue weighted by Crippen LogP contribution is 2.09. The van der Waals surface area contributed by atoms with Crippen LogP contribution in [0.5, 0.6) is 0 Å². The van der Waals surface area contributed by atoms with Crippen LogP contribution in [0.15, 0.2) is 0 Å². The second kappa shape index (κ2) is 6.72. The first-order valence-electron chi connectivity index (χ1n) is 7.06. The molecule has 1 rings (SSSR count). The summed E-state index contributed by atoms with van der Waals surface area (Å²) in [5, 5.41) is 3.55. The molecule has 0 aromatic carbocycles. The number of likely N-dealkylation sites (N-methyl/N-ethyl adjacent to an activating group) is 1. The van der Waals surface area contributed by atoms with E-state index in [-0.39, 0.29) is 5.54 Å². The summed E-state index contributed by atoms with van der Waals surface area (Å²) >= 11 is 0. The van der Waals surface area contributed by atoms with E-state index in [9.17, 15) is 0 Å². The lowest BCUT2D eigenvalue weighted by molar-refractivity contribution is 0.0984. The summed E-state index contributed by atoms with van der Waals surface area (Å²) < 4.78 is 0. The van der Waals surface area contributed by atoms with E-state index in [2.05, 4.69) is 49.9 Å². The number of hydrogen-bond donors (Lipinski definition) is 1. The van der Waals surface area contributed by atoms with E-state index in [4.69, 9.17) is 0 Å². The summed E-state index contributed by atoms with van der Waals surface area (Å²) in [7, 11) is 2.22. The molecule has 3 nitrogen and oxygen atoms in total. The Labute approximate surface area is 108 Å². The molecule has 102 valence electrons. The smallest absolute Gasteiger partial charge is 0.0195 e. The number of hydrogen-bond acceptors (Lipinski definition) is 3. The lowest BCUT2D eigenvalue weighted by Gasteiger charge is -2.38. The molecule has 1 saturated heterocycles. The molecule has 0 bridgehead atoms. The van der Waals surface area contributed by atoms with Gasteiger partial charge in [0.25, 0.3) is 0 Å². The Morgan fingerprint density at radius 2 is 1.88 bits per heavy atom. The van der Waals surface area contributed by atoms with Crippen molar-refractivity contribution < 1.29 is 0 Å². The molecule has 0 aliphatic carbocycles. The minimum atomic E-state index is 0.265. The highest BCUT2D eigenvalue weighted by Gasteiger charge is 2.20. The molecule has 1 atom stereocenters. The Morgan fingerprint density at radius 3 is 2.47 bits per heavy atom. The molecule has 1 fully saturated rings. The standard InChI is InChI=1S/C14H31N3/c1-13-12-16(5)10-11-17(13)9-7-6-8-15-14(2,3)4/h13,15H,6-12H2,1-5H3. The van der Waals surface area contributed by atoms with Gasteiger partial charge < -0.3 is 10.2 Å². The molecule has 0 aromatic rings. The van der Waals surface area contributed by atoms with Gasteiger partial charge in [-0.1, -0.05) is 0 Å². The summed E-state index contributed by atoms with van der Waals surface area (Å²) in [6.45, 7) is 15.1. The average Bonchev–Trinajstić information content (AvgIpc) is 2.18. The van der Waals surface area contributed by atoms with Crippen molar-refractivity contribution >= 4 is 0 Å². The van der Waals surface area contributed by atoms with Crippen molar-refractivity contribution in [3.63, 3.8) is 0 Å². The number of unbranched alkanes of at least 4 members (excludes halogenated alkanes) is 1. The van der Waals surface area contributed by atoms with Gasteiger partial charge >= 0.3 is 0 Å². The summed E-state index contributed by atoms with van der Waals surface area (Å²) in [4.78, 5) is 5.07. The van der Waals surface area contributed by atoms with Crippen LogP contribution in [0.25, 0.3) is 0 Å². The number of nitrogens with zero attached hydrogens (tertiary/aromatic N) is 2. The van der Waals surface area contributed by atoms with Crippen LogP contribution in [0, 0.1) is 0 Å². The molecular weight excluding hydrogens is 210 g/mol. The first-order chi connectivity index (χ1) is 7.88. The maximum atomic E-state index is 3.55. The maximum absolute atomic E-state index is 3.55. The molecule has 3 heteroatoms. The van der Waals surface area contributed by atoms with Crippen LogP contribution in [0.1, 0.15) is 40.5 Å². The maximum Gasteiger partial charge on any atom is 0.0195 e. The first-order valence-corrected chi connectivity index (χ1v) is 7.06. The third kappa shape index (κ3) is 6.39. The first kappa shape index (κ1) is 14.9. The van der Waals surface area contributed by atoms with Crippen molar-refractivity contribution in [2.45, 2.75) is 52.1 Å². The van der Waals surface area contributed by atoms with Crippen molar-refractivity contribution in [1.82, 2.24) is 15.1 Å². The van der Waals surface area contributed by atoms with Gasteiger partial charge in [0.2, 0.25) is 0 Å². The fraction of sp³-hybridized carbons (Fsp3) is 1.00. The van der Waals surface area contributed by atoms with Gasteiger partial charge in [0.15, 0.2) is 0 Å². The van der Waals surface area contributed by atoms with Crippen LogP contribution < -0.4 is 5.32 Å². The van der Waals surface area contributed by atoms with Crippen molar-refractivity contribution in [2.24, 2.45) is 0 Å². The number of rotatable bonds is 5. The van der Waals surface area contributed by atoms with Gasteiger partial charge in [-0.15, -0.1) is 0 Å². The zero-order valence-corrected chi connectivity index (χ0v) is 12.4. The molecule has 0 radical (unpaired) electrons. The van der Waals surface area contributed by atoms with Gasteiger partial charge in [-0.25, -0.2) is 0 Å². The van der Waals surface area contributed by atoms with E-state index < -0.39 is 0 Å². The SMILES string of the molecule is CC1CN(C)CCN1CCCCNC(C)(C)C. The van der Waals surface area contributed by atoms with E-state index in [1.807, 2.05) is 0 Å². The Morgan fingerprint density at radius 1 is 1.18 bits per heavy atom. The monoisotopic (exact) mass is 241 g/mol. The summed E-state index contributed by atoms with van der Waals surface area (Å²) in [5.74, 6) is 0. The molecule has 1 unspecified atom stereocenters. The highest BCUT2D eigenvalue weighted by molar-refractivity contribution is 4.77. The third-order valence-electron chi connectivity index (χ3n) is 3.50. The van der Waals surface area contributed by atoms with Gasteiger partial charge in [-0.3, -0.25) is 4.90 Å². The van der Waals surface area contributed by atoms with Gasteiger partial charge in [0, 0.05) is 31.2 Å². The fourth-order valence-corrected chi connectivity index (χ4v) is 2.41. The Hall–Kier alpha value is -0.120. The minimum absolute atomic E-state index is 0.265. The van der Waals surface area contributed by atoms with Crippen LogP contribution >= 0.6 is 0 Å². The van der Waals surface area contributed by atoms with Gasteiger partial charge in [-0.2, -0.15) is 0 Å². The minimum Gasteiger partial charge on any atom is -0.312 e. The summed E-state index contributed by atoms with van der Waals surface area (Å²) in [6.07, 6.45) is 2.60. The van der Waals surface area contributed by atoms with Crippen molar-refractivity contribution in [2.75, 3.05) is 39.8 Å². The molecule has 0 aromatic heterocycles. The Balaban J connectivity index is 2.06. The number of piperazine rings is 1. The third-order valence-corrected chi connectivity index (χ3v) is 3.50. The molecule has 0 saturated carbocycles. The molecule has 0 spiro atoms. The molecule has 1 N–H and O–H groups in total. The van der Waals surface area contributed by atoms with Crippen molar-refractivity contribution in [1.29, 1.82) is 0 Å². The molecular formula is C14H31N3. The lowest BCUT2D eigenvalue weighted by Crippen LogP contribution is -2.50. The van der Waals surface area contributed by atoms with Crippen LogP contribution in [-0.2, 0) is 0 Å². The second-order valence-electron chi connectivity index (χ2n) is 6.53. The Kier molecular flexibility index (Phi) is 5.90. The van der Waals surface area contributed by atoms with Gasteiger partial charge in [-0.05, 0) is 60.7 Å². The van der Waals surface area contributed by atoms with Gasteiger partial charge in [0.05, 0.1) is 0 Å². The van der Waals surface area contributed by atoms with Crippen LogP contribution in [0.2, 0.25) is 0 Å². The molecule has 1 aliphatic heterocycles. The molecule has 1 aliphatic rings. The second-order valence-corrected chi connectivity index (χ2v) is 6.53. The normalized spacial score (nSPS) is 24.2.